The van der Waals surface area contributed by atoms with Crippen molar-refractivity contribution in [3.05, 3.63) is 59.7 Å². The highest BCUT2D eigenvalue weighted by molar-refractivity contribution is 7.99. The summed E-state index contributed by atoms with van der Waals surface area (Å²) in [6.07, 6.45) is 0. The van der Waals surface area contributed by atoms with Crippen LogP contribution in [0.25, 0.3) is 17.1 Å². The van der Waals surface area contributed by atoms with E-state index in [0.717, 1.165) is 16.8 Å². The third-order valence-electron chi connectivity index (χ3n) is 5.18. The fraction of sp³-hybridized carbons (Fsp3) is 0.360. The summed E-state index contributed by atoms with van der Waals surface area (Å²) >= 11 is 1.22. The van der Waals surface area contributed by atoms with Crippen LogP contribution in [-0.2, 0) is 14.9 Å². The van der Waals surface area contributed by atoms with Crippen molar-refractivity contribution >= 4 is 23.7 Å². The molecular formula is C25H31N5O3S. The number of methoxy groups -OCH3 is 1. The molecule has 3 rings (SSSR count). The Bertz CT molecular complexity index is 1140. The largest absolute Gasteiger partial charge is 0.383 e. The van der Waals surface area contributed by atoms with Gasteiger partial charge >= 0.3 is 6.03 Å². The Labute approximate surface area is 204 Å². The number of carbonyl (C=O) groups excluding carboxylic acids is 2. The van der Waals surface area contributed by atoms with Gasteiger partial charge in [-0.3, -0.25) is 14.7 Å². The summed E-state index contributed by atoms with van der Waals surface area (Å²) in [7, 11) is 1.54. The van der Waals surface area contributed by atoms with Crippen LogP contribution in [0.4, 0.5) is 4.79 Å². The number of nitrogens with one attached hydrogen (secondary N) is 2. The SMILES string of the molecule is COCCNC(=O)NC(=O)CSc1nnc(-c2ccc(C(C)(C)C)cc2)n1-c1ccccc1C. The van der Waals surface area contributed by atoms with Crippen molar-refractivity contribution in [2.75, 3.05) is 26.0 Å². The molecule has 0 unspecified atom stereocenters. The van der Waals surface area contributed by atoms with Crippen molar-refractivity contribution < 1.29 is 14.3 Å². The number of ether oxygens (including phenoxy) is 1. The van der Waals surface area contributed by atoms with E-state index in [0.29, 0.717) is 24.1 Å². The lowest BCUT2D eigenvalue weighted by Crippen LogP contribution is -2.41. The Kier molecular flexibility index (Phi) is 8.46. The highest BCUT2D eigenvalue weighted by Crippen LogP contribution is 2.31. The summed E-state index contributed by atoms with van der Waals surface area (Å²) in [6, 6.07) is 15.7. The Morgan fingerprint density at radius 2 is 1.76 bits per heavy atom. The molecule has 0 atom stereocenters. The first-order chi connectivity index (χ1) is 16.2. The summed E-state index contributed by atoms with van der Waals surface area (Å²) < 4.78 is 6.84. The van der Waals surface area contributed by atoms with Gasteiger partial charge in [-0.25, -0.2) is 4.79 Å². The van der Waals surface area contributed by atoms with Gasteiger partial charge in [-0.15, -0.1) is 10.2 Å². The minimum Gasteiger partial charge on any atom is -0.383 e. The maximum absolute atomic E-state index is 12.3. The number of benzene rings is 2. The first-order valence-electron chi connectivity index (χ1n) is 11.0. The minimum atomic E-state index is -0.553. The molecule has 1 aromatic heterocycles. The van der Waals surface area contributed by atoms with Gasteiger partial charge in [0, 0.05) is 19.2 Å². The van der Waals surface area contributed by atoms with Crippen LogP contribution in [0.15, 0.2) is 53.7 Å². The summed E-state index contributed by atoms with van der Waals surface area (Å²) in [6.45, 7) is 9.24. The van der Waals surface area contributed by atoms with Crippen LogP contribution in [-0.4, -0.2) is 52.7 Å². The molecule has 0 saturated heterocycles. The lowest BCUT2D eigenvalue weighted by atomic mass is 9.87. The molecule has 1 heterocycles. The normalized spacial score (nSPS) is 11.3. The lowest BCUT2D eigenvalue weighted by molar-refractivity contribution is -0.117. The van der Waals surface area contributed by atoms with E-state index in [1.54, 1.807) is 7.11 Å². The van der Waals surface area contributed by atoms with Crippen LogP contribution >= 0.6 is 11.8 Å². The van der Waals surface area contributed by atoms with Crippen LogP contribution in [0.2, 0.25) is 0 Å². The van der Waals surface area contributed by atoms with E-state index in [-0.39, 0.29) is 11.2 Å². The van der Waals surface area contributed by atoms with Gasteiger partial charge < -0.3 is 10.1 Å². The standard InChI is InChI=1S/C25H31N5O3S/c1-17-8-6-7-9-20(17)30-22(18-10-12-19(13-11-18)25(2,3)4)28-29-24(30)34-16-21(31)27-23(32)26-14-15-33-5/h6-13H,14-16H2,1-5H3,(H2,26,27,31,32). The Morgan fingerprint density at radius 3 is 2.41 bits per heavy atom. The Morgan fingerprint density at radius 1 is 1.06 bits per heavy atom. The molecule has 0 aliphatic rings. The first-order valence-corrected chi connectivity index (χ1v) is 12.0. The number of aryl methyl sites for hydroxylation is 1. The van der Waals surface area contributed by atoms with Gasteiger partial charge in [0.15, 0.2) is 11.0 Å². The number of rotatable bonds is 8. The van der Waals surface area contributed by atoms with Gasteiger partial charge in [0.2, 0.25) is 5.91 Å². The molecule has 3 aromatic rings. The monoisotopic (exact) mass is 481 g/mol. The Balaban J connectivity index is 1.85. The number of carbonyl (C=O) groups is 2. The van der Waals surface area contributed by atoms with Gasteiger partial charge in [0.25, 0.3) is 0 Å². The van der Waals surface area contributed by atoms with Crippen molar-refractivity contribution in [1.82, 2.24) is 25.4 Å². The second kappa shape index (κ2) is 11.3. The van der Waals surface area contributed by atoms with Crippen molar-refractivity contribution in [1.29, 1.82) is 0 Å². The van der Waals surface area contributed by atoms with E-state index in [1.807, 2.05) is 47.9 Å². The van der Waals surface area contributed by atoms with Gasteiger partial charge in [-0.2, -0.15) is 0 Å². The number of para-hydroxylation sites is 1. The predicted molar refractivity (Wildman–Crippen MR) is 134 cm³/mol. The van der Waals surface area contributed by atoms with Crippen LogP contribution in [0, 0.1) is 6.92 Å². The van der Waals surface area contributed by atoms with E-state index >= 15 is 0 Å². The van der Waals surface area contributed by atoms with Gasteiger partial charge in [0.05, 0.1) is 18.0 Å². The highest BCUT2D eigenvalue weighted by Gasteiger charge is 2.20. The molecule has 3 amide bonds. The highest BCUT2D eigenvalue weighted by atomic mass is 32.2. The zero-order valence-corrected chi connectivity index (χ0v) is 21.0. The molecular weight excluding hydrogens is 450 g/mol. The molecule has 8 nitrogen and oxygen atoms in total. The number of thioether (sulfide) groups is 1. The summed E-state index contributed by atoms with van der Waals surface area (Å²) in [5.41, 5.74) is 4.19. The molecule has 0 aliphatic carbocycles. The van der Waals surface area contributed by atoms with E-state index in [9.17, 15) is 9.59 Å². The van der Waals surface area contributed by atoms with Crippen molar-refractivity contribution in [2.24, 2.45) is 0 Å². The summed E-state index contributed by atoms with van der Waals surface area (Å²) in [5.74, 6) is 0.287. The fourth-order valence-electron chi connectivity index (χ4n) is 3.30. The topological polar surface area (TPSA) is 98.1 Å². The Hall–Kier alpha value is -3.17. The molecule has 0 bridgehead atoms. The summed E-state index contributed by atoms with van der Waals surface area (Å²) in [5, 5.41) is 14.3. The lowest BCUT2D eigenvalue weighted by Gasteiger charge is -2.19. The second-order valence-corrected chi connectivity index (χ2v) is 9.78. The quantitative estimate of drug-likeness (QED) is 0.371. The van der Waals surface area contributed by atoms with Crippen LogP contribution in [0.5, 0.6) is 0 Å². The smallest absolute Gasteiger partial charge is 0.321 e. The molecule has 180 valence electrons. The average molecular weight is 482 g/mol. The predicted octanol–water partition coefficient (Wildman–Crippen LogP) is 4.10. The van der Waals surface area contributed by atoms with Crippen LogP contribution < -0.4 is 10.6 Å². The average Bonchev–Trinajstić information content (AvgIpc) is 3.21. The third-order valence-corrected chi connectivity index (χ3v) is 6.10. The molecule has 2 aromatic carbocycles. The van der Waals surface area contributed by atoms with Crippen LogP contribution in [0.3, 0.4) is 0 Å². The minimum absolute atomic E-state index is 0.0185. The number of hydrogen-bond donors (Lipinski definition) is 2. The number of amides is 3. The molecule has 0 aliphatic heterocycles. The molecule has 0 radical (unpaired) electrons. The van der Waals surface area contributed by atoms with Crippen molar-refractivity contribution in [2.45, 2.75) is 38.3 Å². The molecule has 2 N–H and O–H groups in total. The molecule has 0 spiro atoms. The van der Waals surface area contributed by atoms with Crippen molar-refractivity contribution in [3.63, 3.8) is 0 Å². The first kappa shape index (κ1) is 25.5. The second-order valence-electron chi connectivity index (χ2n) is 8.84. The fourth-order valence-corrected chi connectivity index (χ4v) is 4.05. The molecule has 0 saturated carbocycles. The zero-order valence-electron chi connectivity index (χ0n) is 20.2. The van der Waals surface area contributed by atoms with E-state index in [1.165, 1.54) is 17.3 Å². The molecule has 34 heavy (non-hydrogen) atoms. The van der Waals surface area contributed by atoms with E-state index in [4.69, 9.17) is 4.74 Å². The van der Waals surface area contributed by atoms with Crippen LogP contribution in [0.1, 0.15) is 31.9 Å². The van der Waals surface area contributed by atoms with E-state index < -0.39 is 11.9 Å². The molecule has 0 fully saturated rings. The van der Waals surface area contributed by atoms with Gasteiger partial charge in [-0.05, 0) is 29.5 Å². The van der Waals surface area contributed by atoms with Crippen molar-refractivity contribution in [3.8, 4) is 17.1 Å². The number of urea groups is 1. The number of nitrogens with zero attached hydrogens (tertiary/aromatic N) is 3. The summed E-state index contributed by atoms with van der Waals surface area (Å²) in [4.78, 5) is 24.1. The zero-order chi connectivity index (χ0) is 24.7. The number of aromatic nitrogens is 3. The number of imide groups is 1. The number of hydrogen-bond acceptors (Lipinski definition) is 6. The third kappa shape index (κ3) is 6.45. The maximum atomic E-state index is 12.3. The van der Waals surface area contributed by atoms with E-state index in [2.05, 4.69) is 53.7 Å². The maximum Gasteiger partial charge on any atom is 0.321 e. The van der Waals surface area contributed by atoms with Gasteiger partial charge in [0.1, 0.15) is 0 Å². The molecule has 9 heteroatoms. The van der Waals surface area contributed by atoms with Gasteiger partial charge in [-0.1, -0.05) is 75.0 Å².